The van der Waals surface area contributed by atoms with Crippen LogP contribution in [0.25, 0.3) is 0 Å². The molecule has 0 aliphatic rings. The average molecular weight is 249 g/mol. The third-order valence-electron chi connectivity index (χ3n) is 2.18. The van der Waals surface area contributed by atoms with Gasteiger partial charge in [-0.2, -0.15) is 14.8 Å². The van der Waals surface area contributed by atoms with Crippen molar-refractivity contribution in [2.24, 2.45) is 0 Å². The van der Waals surface area contributed by atoms with Crippen LogP contribution in [0.4, 0.5) is 0 Å². The Balaban J connectivity index is 2.86. The highest BCUT2D eigenvalue weighted by molar-refractivity contribution is 7.89. The number of rotatable bonds is 4. The van der Waals surface area contributed by atoms with E-state index in [9.17, 15) is 8.42 Å². The summed E-state index contributed by atoms with van der Waals surface area (Å²) in [5, 5.41) is 17.1. The Bertz CT molecular complexity index is 581. The first-order valence-corrected chi connectivity index (χ1v) is 6.40. The summed E-state index contributed by atoms with van der Waals surface area (Å²) in [6, 6.07) is 10.3. The van der Waals surface area contributed by atoms with E-state index in [1.54, 1.807) is 30.3 Å². The van der Waals surface area contributed by atoms with E-state index < -0.39 is 15.8 Å². The zero-order valence-electron chi connectivity index (χ0n) is 9.29. The van der Waals surface area contributed by atoms with E-state index in [1.807, 2.05) is 6.07 Å². The van der Waals surface area contributed by atoms with Gasteiger partial charge < -0.3 is 0 Å². The van der Waals surface area contributed by atoms with Crippen LogP contribution in [0.5, 0.6) is 0 Å². The third-order valence-corrected chi connectivity index (χ3v) is 3.76. The molecule has 1 aromatic carbocycles. The average Bonchev–Trinajstić information content (AvgIpc) is 2.29. The summed E-state index contributed by atoms with van der Waals surface area (Å²) < 4.78 is 24.2. The number of hydrogen-bond donors (Lipinski definition) is 0. The molecule has 0 aromatic heterocycles. The van der Waals surface area contributed by atoms with E-state index in [4.69, 9.17) is 10.5 Å². The van der Waals surface area contributed by atoms with E-state index in [0.717, 1.165) is 4.31 Å². The van der Waals surface area contributed by atoms with Crippen LogP contribution < -0.4 is 0 Å². The maximum atomic E-state index is 11.5. The lowest BCUT2D eigenvalue weighted by Gasteiger charge is -2.15. The first-order valence-electron chi connectivity index (χ1n) is 4.79. The van der Waals surface area contributed by atoms with Crippen molar-refractivity contribution in [1.82, 2.24) is 4.31 Å². The molecule has 88 valence electrons. The molecule has 0 aliphatic carbocycles. The van der Waals surface area contributed by atoms with Crippen molar-refractivity contribution in [3.8, 4) is 12.1 Å². The third kappa shape index (κ3) is 3.56. The van der Waals surface area contributed by atoms with Crippen LogP contribution in [0.15, 0.2) is 24.3 Å². The highest BCUT2D eigenvalue weighted by atomic mass is 32.2. The van der Waals surface area contributed by atoms with Crippen LogP contribution in [0.1, 0.15) is 11.1 Å². The molecule has 0 saturated carbocycles. The van der Waals surface area contributed by atoms with E-state index in [1.165, 1.54) is 7.05 Å². The van der Waals surface area contributed by atoms with E-state index >= 15 is 0 Å². The Hall–Kier alpha value is -1.89. The lowest BCUT2D eigenvalue weighted by Crippen LogP contribution is -2.28. The number of nitriles is 2. The zero-order valence-corrected chi connectivity index (χ0v) is 10.1. The first kappa shape index (κ1) is 13.2. The first-order chi connectivity index (χ1) is 7.99. The second kappa shape index (κ2) is 5.44. The fourth-order valence-corrected chi connectivity index (χ4v) is 2.02. The summed E-state index contributed by atoms with van der Waals surface area (Å²) in [7, 11) is -2.13. The Kier molecular flexibility index (Phi) is 4.22. The Labute approximate surface area is 101 Å². The van der Waals surface area contributed by atoms with Gasteiger partial charge in [0.15, 0.2) is 5.75 Å². The minimum absolute atomic E-state index is 0.152. The molecule has 6 heteroatoms. The second-order valence-electron chi connectivity index (χ2n) is 3.48. The lowest BCUT2D eigenvalue weighted by atomic mass is 10.1. The highest BCUT2D eigenvalue weighted by Gasteiger charge is 2.17. The van der Waals surface area contributed by atoms with Gasteiger partial charge in [0.05, 0.1) is 17.7 Å². The minimum Gasteiger partial charge on any atom is -0.211 e. The van der Waals surface area contributed by atoms with Gasteiger partial charge in [-0.25, -0.2) is 8.42 Å². The minimum atomic E-state index is -3.54. The predicted molar refractivity (Wildman–Crippen MR) is 62.0 cm³/mol. The molecular formula is C11H11N3O2S. The molecule has 0 radical (unpaired) electrons. The van der Waals surface area contributed by atoms with Crippen molar-refractivity contribution in [1.29, 1.82) is 10.5 Å². The van der Waals surface area contributed by atoms with Crippen molar-refractivity contribution < 1.29 is 8.42 Å². The lowest BCUT2D eigenvalue weighted by molar-refractivity contribution is 0.469. The summed E-state index contributed by atoms with van der Waals surface area (Å²) in [6.45, 7) is 0.152. The number of hydrogen-bond acceptors (Lipinski definition) is 4. The highest BCUT2D eigenvalue weighted by Crippen LogP contribution is 2.09. The van der Waals surface area contributed by atoms with Crippen molar-refractivity contribution in [2.75, 3.05) is 12.8 Å². The number of sulfonamides is 1. The fraction of sp³-hybridized carbons (Fsp3) is 0.273. The molecule has 0 unspecified atom stereocenters. The summed E-state index contributed by atoms with van der Waals surface area (Å²) in [5.41, 5.74) is 1.20. The van der Waals surface area contributed by atoms with Crippen molar-refractivity contribution >= 4 is 10.0 Å². The number of benzene rings is 1. The van der Waals surface area contributed by atoms with Crippen LogP contribution >= 0.6 is 0 Å². The zero-order chi connectivity index (χ0) is 12.9. The van der Waals surface area contributed by atoms with E-state index in [0.29, 0.717) is 11.1 Å². The molecular weight excluding hydrogens is 238 g/mol. The van der Waals surface area contributed by atoms with Crippen molar-refractivity contribution in [3.05, 3.63) is 35.4 Å². The van der Waals surface area contributed by atoms with Gasteiger partial charge in [-0.1, -0.05) is 12.1 Å². The Morgan fingerprint density at radius 1 is 1.35 bits per heavy atom. The molecule has 0 bridgehead atoms. The van der Waals surface area contributed by atoms with Gasteiger partial charge in [0.2, 0.25) is 10.0 Å². The normalized spacial score (nSPS) is 10.8. The molecule has 0 N–H and O–H groups in total. The molecule has 0 amide bonds. The molecule has 1 rings (SSSR count). The van der Waals surface area contributed by atoms with Crippen LogP contribution in [0.2, 0.25) is 0 Å². The summed E-state index contributed by atoms with van der Waals surface area (Å²) in [5.74, 6) is -0.540. The second-order valence-corrected chi connectivity index (χ2v) is 5.56. The molecule has 0 aliphatic heterocycles. The standard InChI is InChI=1S/C11H11N3O2S/c1-14(17(15,16)6-5-12)9-11-4-2-3-10(7-11)8-13/h2-4,7H,6,9H2,1H3. The van der Waals surface area contributed by atoms with Gasteiger partial charge in [0.1, 0.15) is 0 Å². The predicted octanol–water partition coefficient (Wildman–Crippen LogP) is 0.843. The number of nitrogens with zero attached hydrogens (tertiary/aromatic N) is 3. The molecule has 0 atom stereocenters. The summed E-state index contributed by atoms with van der Waals surface area (Å²) in [4.78, 5) is 0. The van der Waals surface area contributed by atoms with E-state index in [2.05, 4.69) is 0 Å². The van der Waals surface area contributed by atoms with Crippen LogP contribution in [0, 0.1) is 22.7 Å². The summed E-state index contributed by atoms with van der Waals surface area (Å²) >= 11 is 0. The van der Waals surface area contributed by atoms with Gasteiger partial charge in [-0.3, -0.25) is 0 Å². The van der Waals surface area contributed by atoms with Gasteiger partial charge in [0.25, 0.3) is 0 Å². The molecule has 5 nitrogen and oxygen atoms in total. The molecule has 0 fully saturated rings. The fourth-order valence-electron chi connectivity index (χ4n) is 1.29. The maximum absolute atomic E-state index is 11.5. The summed E-state index contributed by atoms with van der Waals surface area (Å²) in [6.07, 6.45) is 0. The van der Waals surface area contributed by atoms with Gasteiger partial charge in [-0.05, 0) is 17.7 Å². The quantitative estimate of drug-likeness (QED) is 0.791. The van der Waals surface area contributed by atoms with Crippen molar-refractivity contribution in [3.63, 3.8) is 0 Å². The maximum Gasteiger partial charge on any atom is 0.227 e. The Morgan fingerprint density at radius 2 is 2.06 bits per heavy atom. The van der Waals surface area contributed by atoms with E-state index in [-0.39, 0.29) is 6.54 Å². The molecule has 0 saturated heterocycles. The van der Waals surface area contributed by atoms with Crippen LogP contribution in [-0.2, 0) is 16.6 Å². The van der Waals surface area contributed by atoms with Crippen LogP contribution in [-0.4, -0.2) is 25.5 Å². The molecule has 0 heterocycles. The smallest absolute Gasteiger partial charge is 0.211 e. The SMILES string of the molecule is CN(Cc1cccc(C#N)c1)S(=O)(=O)CC#N. The van der Waals surface area contributed by atoms with Crippen molar-refractivity contribution in [2.45, 2.75) is 6.54 Å². The monoisotopic (exact) mass is 249 g/mol. The topological polar surface area (TPSA) is 85.0 Å². The molecule has 0 spiro atoms. The Morgan fingerprint density at radius 3 is 2.65 bits per heavy atom. The van der Waals surface area contributed by atoms with Gasteiger partial charge >= 0.3 is 0 Å². The van der Waals surface area contributed by atoms with Crippen LogP contribution in [0.3, 0.4) is 0 Å². The molecule has 17 heavy (non-hydrogen) atoms. The largest absolute Gasteiger partial charge is 0.227 e. The molecule has 1 aromatic rings. The van der Waals surface area contributed by atoms with Gasteiger partial charge in [0, 0.05) is 13.6 Å². The van der Waals surface area contributed by atoms with Gasteiger partial charge in [-0.15, -0.1) is 0 Å².